The zero-order chi connectivity index (χ0) is 12.3. The summed E-state index contributed by atoms with van der Waals surface area (Å²) < 4.78 is 0. The lowest BCUT2D eigenvalue weighted by Crippen LogP contribution is -2.14. The van der Waals surface area contributed by atoms with Gasteiger partial charge in [-0.15, -0.1) is 0 Å². The van der Waals surface area contributed by atoms with Crippen LogP contribution in [0.4, 0.5) is 11.4 Å². The molecule has 0 spiro atoms. The van der Waals surface area contributed by atoms with E-state index in [2.05, 4.69) is 5.32 Å². The Morgan fingerprint density at radius 1 is 1.59 bits per heavy atom. The van der Waals surface area contributed by atoms with Crippen LogP contribution in [0.25, 0.3) is 0 Å². The fourth-order valence-corrected chi connectivity index (χ4v) is 3.17. The highest BCUT2D eigenvalue weighted by molar-refractivity contribution is 8.00. The van der Waals surface area contributed by atoms with Crippen LogP contribution in [-0.2, 0) is 0 Å². The second-order valence-corrected chi connectivity index (χ2v) is 5.70. The van der Waals surface area contributed by atoms with Crippen molar-refractivity contribution in [3.8, 4) is 0 Å². The zero-order valence-corrected chi connectivity index (χ0v) is 10.6. The average molecular weight is 252 g/mol. The lowest BCUT2D eigenvalue weighted by Gasteiger charge is -2.11. The normalized spacial score (nSPS) is 19.2. The van der Waals surface area contributed by atoms with E-state index < -0.39 is 0 Å². The molecule has 1 aromatic rings. The number of thioether (sulfide) groups is 1. The van der Waals surface area contributed by atoms with Gasteiger partial charge >= 0.3 is 0 Å². The molecule has 0 amide bonds. The quantitative estimate of drug-likeness (QED) is 0.660. The predicted molar refractivity (Wildman–Crippen MR) is 71.8 cm³/mol. The maximum Gasteiger partial charge on any atom is 0.292 e. The van der Waals surface area contributed by atoms with E-state index in [-0.39, 0.29) is 10.6 Å². The molecule has 0 bridgehead atoms. The maximum atomic E-state index is 10.9. The number of nitro benzene ring substituents is 1. The average Bonchev–Trinajstić information content (AvgIpc) is 2.80. The molecule has 0 aromatic heterocycles. The van der Waals surface area contributed by atoms with E-state index in [4.69, 9.17) is 0 Å². The molecule has 1 N–H and O–H groups in total. The van der Waals surface area contributed by atoms with E-state index in [0.29, 0.717) is 10.9 Å². The largest absolute Gasteiger partial charge is 0.378 e. The molecule has 1 aliphatic rings. The molecule has 0 aliphatic carbocycles. The van der Waals surface area contributed by atoms with Gasteiger partial charge in [-0.25, -0.2) is 0 Å². The van der Waals surface area contributed by atoms with E-state index in [1.807, 2.05) is 24.8 Å². The Bertz CT molecular complexity index is 417. The van der Waals surface area contributed by atoms with E-state index in [9.17, 15) is 10.1 Å². The van der Waals surface area contributed by atoms with E-state index in [1.54, 1.807) is 12.1 Å². The lowest BCUT2D eigenvalue weighted by atomic mass is 10.2. The number of hydrogen-bond donors (Lipinski definition) is 1. The third-order valence-electron chi connectivity index (χ3n) is 2.89. The first-order chi connectivity index (χ1) is 8.16. The second-order valence-electron chi connectivity index (χ2n) is 4.29. The van der Waals surface area contributed by atoms with Crippen LogP contribution >= 0.6 is 11.8 Å². The molecule has 1 aliphatic heterocycles. The van der Waals surface area contributed by atoms with Crippen molar-refractivity contribution in [3.63, 3.8) is 0 Å². The van der Waals surface area contributed by atoms with Gasteiger partial charge in [0.05, 0.1) is 4.92 Å². The van der Waals surface area contributed by atoms with Crippen molar-refractivity contribution in [3.05, 3.63) is 33.9 Å². The highest BCUT2D eigenvalue weighted by Crippen LogP contribution is 2.29. The van der Waals surface area contributed by atoms with Crippen LogP contribution in [0.5, 0.6) is 0 Å². The standard InChI is InChI=1S/C12H16N2O2S/c1-9-4-5-11(12(7-9)14(15)16)13-8-10-3-2-6-17-10/h4-5,7,10,13H,2-3,6,8H2,1H3. The van der Waals surface area contributed by atoms with Crippen LogP contribution in [0.3, 0.4) is 0 Å². The van der Waals surface area contributed by atoms with Gasteiger partial charge in [0.2, 0.25) is 0 Å². The monoisotopic (exact) mass is 252 g/mol. The summed E-state index contributed by atoms with van der Waals surface area (Å²) in [5.41, 5.74) is 1.72. The summed E-state index contributed by atoms with van der Waals surface area (Å²) in [4.78, 5) is 10.6. The van der Waals surface area contributed by atoms with Gasteiger partial charge in [-0.1, -0.05) is 6.07 Å². The lowest BCUT2D eigenvalue weighted by molar-refractivity contribution is -0.384. The number of hydrogen-bond acceptors (Lipinski definition) is 4. The van der Waals surface area contributed by atoms with Gasteiger partial charge in [0.15, 0.2) is 0 Å². The third-order valence-corrected chi connectivity index (χ3v) is 4.29. The van der Waals surface area contributed by atoms with Gasteiger partial charge in [-0.3, -0.25) is 10.1 Å². The number of nitro groups is 1. The Hall–Kier alpha value is -1.23. The Kier molecular flexibility index (Phi) is 3.89. The summed E-state index contributed by atoms with van der Waals surface area (Å²) in [5, 5.41) is 14.7. The molecule has 1 fully saturated rings. The summed E-state index contributed by atoms with van der Waals surface area (Å²) >= 11 is 1.95. The number of benzene rings is 1. The van der Waals surface area contributed by atoms with Crippen LogP contribution in [0.15, 0.2) is 18.2 Å². The molecule has 1 atom stereocenters. The number of nitrogens with one attached hydrogen (secondary N) is 1. The highest BCUT2D eigenvalue weighted by atomic mass is 32.2. The topological polar surface area (TPSA) is 55.2 Å². The molecule has 1 heterocycles. The Balaban J connectivity index is 2.06. The molecule has 4 nitrogen and oxygen atoms in total. The van der Waals surface area contributed by atoms with Crippen LogP contribution in [0, 0.1) is 17.0 Å². The first kappa shape index (κ1) is 12.2. The van der Waals surface area contributed by atoms with Gasteiger partial charge in [0, 0.05) is 17.9 Å². The highest BCUT2D eigenvalue weighted by Gasteiger charge is 2.18. The fraction of sp³-hybridized carbons (Fsp3) is 0.500. The molecule has 0 radical (unpaired) electrons. The molecular formula is C12H16N2O2S. The van der Waals surface area contributed by atoms with Crippen LogP contribution in [0.1, 0.15) is 18.4 Å². The van der Waals surface area contributed by atoms with Crippen LogP contribution < -0.4 is 5.32 Å². The summed E-state index contributed by atoms with van der Waals surface area (Å²) in [6, 6.07) is 5.31. The second kappa shape index (κ2) is 5.40. The molecular weight excluding hydrogens is 236 g/mol. The van der Waals surface area contributed by atoms with Crippen molar-refractivity contribution in [1.29, 1.82) is 0 Å². The molecule has 1 unspecified atom stereocenters. The fourth-order valence-electron chi connectivity index (χ4n) is 1.97. The van der Waals surface area contributed by atoms with E-state index >= 15 is 0 Å². The minimum absolute atomic E-state index is 0.174. The molecule has 0 saturated carbocycles. The van der Waals surface area contributed by atoms with Gasteiger partial charge in [0.25, 0.3) is 5.69 Å². The molecule has 5 heteroatoms. The Morgan fingerprint density at radius 2 is 2.41 bits per heavy atom. The smallest absolute Gasteiger partial charge is 0.292 e. The number of rotatable bonds is 4. The minimum Gasteiger partial charge on any atom is -0.378 e. The summed E-state index contributed by atoms with van der Waals surface area (Å²) in [6.07, 6.45) is 2.46. The summed E-state index contributed by atoms with van der Waals surface area (Å²) in [7, 11) is 0. The first-order valence-electron chi connectivity index (χ1n) is 5.77. The van der Waals surface area contributed by atoms with Crippen LogP contribution in [-0.4, -0.2) is 22.5 Å². The summed E-state index contributed by atoms with van der Waals surface area (Å²) in [6.45, 7) is 2.68. The first-order valence-corrected chi connectivity index (χ1v) is 6.82. The Morgan fingerprint density at radius 3 is 3.06 bits per heavy atom. The van der Waals surface area contributed by atoms with Gasteiger partial charge in [-0.05, 0) is 37.1 Å². The summed E-state index contributed by atoms with van der Waals surface area (Å²) in [5.74, 6) is 1.21. The molecule has 92 valence electrons. The number of aryl methyl sites for hydroxylation is 1. The van der Waals surface area contributed by atoms with E-state index in [1.165, 1.54) is 18.6 Å². The third kappa shape index (κ3) is 3.12. The maximum absolute atomic E-state index is 10.9. The SMILES string of the molecule is Cc1ccc(NCC2CCCS2)c([N+](=O)[O-])c1. The van der Waals surface area contributed by atoms with Gasteiger partial charge in [0.1, 0.15) is 5.69 Å². The van der Waals surface area contributed by atoms with Crippen molar-refractivity contribution in [2.45, 2.75) is 25.0 Å². The molecule has 1 saturated heterocycles. The number of nitrogens with zero attached hydrogens (tertiary/aromatic N) is 1. The minimum atomic E-state index is -0.322. The van der Waals surface area contributed by atoms with Gasteiger partial charge < -0.3 is 5.32 Å². The molecule has 2 rings (SSSR count). The van der Waals surface area contributed by atoms with E-state index in [0.717, 1.165) is 12.1 Å². The Labute approximate surface area is 105 Å². The van der Waals surface area contributed by atoms with Crippen molar-refractivity contribution in [1.82, 2.24) is 0 Å². The van der Waals surface area contributed by atoms with Gasteiger partial charge in [-0.2, -0.15) is 11.8 Å². The zero-order valence-electron chi connectivity index (χ0n) is 9.81. The molecule has 17 heavy (non-hydrogen) atoms. The number of anilines is 1. The predicted octanol–water partition coefficient (Wildman–Crippen LogP) is 3.21. The van der Waals surface area contributed by atoms with Crippen molar-refractivity contribution in [2.75, 3.05) is 17.6 Å². The molecule has 1 aromatic carbocycles. The van der Waals surface area contributed by atoms with Crippen molar-refractivity contribution in [2.24, 2.45) is 0 Å². The van der Waals surface area contributed by atoms with Crippen molar-refractivity contribution < 1.29 is 4.92 Å². The van der Waals surface area contributed by atoms with Crippen LogP contribution in [0.2, 0.25) is 0 Å². The van der Waals surface area contributed by atoms with Crippen molar-refractivity contribution >= 4 is 23.1 Å².